The first-order valence-corrected chi connectivity index (χ1v) is 10.2. The highest BCUT2D eigenvalue weighted by Crippen LogP contribution is 2.20. The zero-order chi connectivity index (χ0) is 23.2. The molecule has 0 saturated heterocycles. The van der Waals surface area contributed by atoms with Crippen LogP contribution in [0.3, 0.4) is 0 Å². The van der Waals surface area contributed by atoms with Crippen LogP contribution in [0.1, 0.15) is 36.0 Å². The van der Waals surface area contributed by atoms with Crippen molar-refractivity contribution in [1.82, 2.24) is 0 Å². The molecule has 0 aliphatic carbocycles. The van der Waals surface area contributed by atoms with Crippen molar-refractivity contribution in [3.05, 3.63) is 66.7 Å². The number of carboxylic acid groups (broad SMARTS) is 1. The van der Waals surface area contributed by atoms with E-state index in [-0.39, 0.29) is 13.0 Å². The monoisotopic (exact) mass is 442 g/mol. The van der Waals surface area contributed by atoms with E-state index in [9.17, 15) is 14.4 Å². The maximum Gasteiger partial charge on any atom is 0.343 e. The summed E-state index contributed by atoms with van der Waals surface area (Å²) < 4.78 is 21.3. The fourth-order valence-electron chi connectivity index (χ4n) is 2.50. The predicted molar refractivity (Wildman–Crippen MR) is 116 cm³/mol. The molecule has 0 radical (unpaired) electrons. The van der Waals surface area contributed by atoms with Crippen LogP contribution in [0.25, 0.3) is 0 Å². The largest absolute Gasteiger partial charge is 0.494 e. The van der Waals surface area contributed by atoms with Crippen LogP contribution < -0.4 is 14.2 Å². The van der Waals surface area contributed by atoms with Crippen molar-refractivity contribution >= 4 is 17.9 Å². The first kappa shape index (κ1) is 24.5. The number of benzene rings is 2. The summed E-state index contributed by atoms with van der Waals surface area (Å²) >= 11 is 0. The summed E-state index contributed by atoms with van der Waals surface area (Å²) in [5.74, 6) is -0.245. The predicted octanol–water partition coefficient (Wildman–Crippen LogP) is 4.04. The van der Waals surface area contributed by atoms with E-state index in [0.717, 1.165) is 12.5 Å². The van der Waals surface area contributed by atoms with Gasteiger partial charge in [-0.1, -0.05) is 6.58 Å². The molecule has 0 amide bonds. The van der Waals surface area contributed by atoms with Gasteiger partial charge in [-0.05, 0) is 67.8 Å². The highest BCUT2D eigenvalue weighted by atomic mass is 16.5. The summed E-state index contributed by atoms with van der Waals surface area (Å²) in [6.07, 6.45) is 2.98. The van der Waals surface area contributed by atoms with Crippen LogP contribution in [0.5, 0.6) is 17.2 Å². The van der Waals surface area contributed by atoms with E-state index in [1.807, 2.05) is 0 Å². The average Bonchev–Trinajstić information content (AvgIpc) is 2.80. The molecule has 32 heavy (non-hydrogen) atoms. The molecule has 0 atom stereocenters. The van der Waals surface area contributed by atoms with Gasteiger partial charge >= 0.3 is 17.9 Å². The third-order valence-corrected chi connectivity index (χ3v) is 4.15. The fourth-order valence-corrected chi connectivity index (χ4v) is 2.50. The number of carbonyl (C=O) groups is 3. The summed E-state index contributed by atoms with van der Waals surface area (Å²) in [6.45, 7) is 4.40. The molecular weight excluding hydrogens is 416 g/mol. The molecule has 8 nitrogen and oxygen atoms in total. The topological polar surface area (TPSA) is 108 Å². The van der Waals surface area contributed by atoms with Crippen LogP contribution in [-0.4, -0.2) is 42.8 Å². The maximum absolute atomic E-state index is 12.3. The average molecular weight is 442 g/mol. The number of hydrogen-bond donors (Lipinski definition) is 1. The smallest absolute Gasteiger partial charge is 0.343 e. The number of rotatable bonds is 14. The summed E-state index contributed by atoms with van der Waals surface area (Å²) in [5, 5.41) is 8.60. The first-order chi connectivity index (χ1) is 15.5. The van der Waals surface area contributed by atoms with Crippen molar-refractivity contribution in [2.45, 2.75) is 25.7 Å². The molecule has 2 aromatic rings. The Kier molecular flexibility index (Phi) is 10.3. The summed E-state index contributed by atoms with van der Waals surface area (Å²) in [4.78, 5) is 33.7. The number of hydrogen-bond acceptors (Lipinski definition) is 7. The molecule has 8 heteroatoms. The summed E-state index contributed by atoms with van der Waals surface area (Å²) in [5.41, 5.74) is 0.361. The van der Waals surface area contributed by atoms with Gasteiger partial charge in [0, 0.05) is 12.5 Å². The van der Waals surface area contributed by atoms with E-state index in [1.165, 1.54) is 0 Å². The van der Waals surface area contributed by atoms with E-state index in [0.29, 0.717) is 48.9 Å². The third kappa shape index (κ3) is 9.34. The zero-order valence-electron chi connectivity index (χ0n) is 17.7. The van der Waals surface area contributed by atoms with Gasteiger partial charge in [-0.25, -0.2) is 9.59 Å². The Hall–Kier alpha value is -3.81. The highest BCUT2D eigenvalue weighted by molar-refractivity contribution is 5.91. The van der Waals surface area contributed by atoms with Crippen molar-refractivity contribution < 1.29 is 38.4 Å². The third-order valence-electron chi connectivity index (χ3n) is 4.15. The Morgan fingerprint density at radius 3 is 1.91 bits per heavy atom. The van der Waals surface area contributed by atoms with Crippen molar-refractivity contribution in [3.8, 4) is 17.2 Å². The van der Waals surface area contributed by atoms with Gasteiger partial charge in [0.05, 0.1) is 25.4 Å². The van der Waals surface area contributed by atoms with Crippen molar-refractivity contribution in [2.75, 3.05) is 19.8 Å². The first-order valence-electron chi connectivity index (χ1n) is 10.2. The lowest BCUT2D eigenvalue weighted by Gasteiger charge is -2.09. The number of unbranched alkanes of at least 4 members (excludes halogenated alkanes) is 1. The minimum Gasteiger partial charge on any atom is -0.494 e. The van der Waals surface area contributed by atoms with Gasteiger partial charge in [-0.15, -0.1) is 0 Å². The molecule has 1 N–H and O–H groups in total. The van der Waals surface area contributed by atoms with Gasteiger partial charge in [0.2, 0.25) is 0 Å². The van der Waals surface area contributed by atoms with E-state index >= 15 is 0 Å². The van der Waals surface area contributed by atoms with Gasteiger partial charge in [0.1, 0.15) is 17.2 Å². The Morgan fingerprint density at radius 2 is 1.31 bits per heavy atom. The van der Waals surface area contributed by atoms with Crippen LogP contribution >= 0.6 is 0 Å². The molecule has 170 valence electrons. The van der Waals surface area contributed by atoms with Crippen molar-refractivity contribution in [1.29, 1.82) is 0 Å². The van der Waals surface area contributed by atoms with E-state index in [4.69, 9.17) is 24.1 Å². The molecule has 2 aromatic carbocycles. The Balaban J connectivity index is 1.71. The number of carbonyl (C=O) groups excluding carboxylic acids is 2. The molecule has 0 aliphatic heterocycles. The van der Waals surface area contributed by atoms with Gasteiger partial charge in [-0.3, -0.25) is 4.79 Å². The van der Waals surface area contributed by atoms with Gasteiger partial charge in [0.25, 0.3) is 0 Å². The number of ether oxygens (including phenoxy) is 4. The lowest BCUT2D eigenvalue weighted by molar-refractivity contribution is -0.138. The molecule has 0 unspecified atom stereocenters. The van der Waals surface area contributed by atoms with Gasteiger partial charge in [-0.2, -0.15) is 0 Å². The lowest BCUT2D eigenvalue weighted by atomic mass is 10.2. The number of carboxylic acids is 1. The molecular formula is C24H26O8. The van der Waals surface area contributed by atoms with E-state index in [2.05, 4.69) is 6.58 Å². The fraction of sp³-hybridized carbons (Fsp3) is 0.292. The van der Waals surface area contributed by atoms with Crippen LogP contribution in [0.4, 0.5) is 0 Å². The molecule has 0 fully saturated rings. The molecule has 0 bridgehead atoms. The summed E-state index contributed by atoms with van der Waals surface area (Å²) in [6, 6.07) is 13.1. The summed E-state index contributed by atoms with van der Waals surface area (Å²) in [7, 11) is 0. The second kappa shape index (κ2) is 13.5. The van der Waals surface area contributed by atoms with Crippen LogP contribution in [0.2, 0.25) is 0 Å². The Labute approximate surface area is 186 Å². The van der Waals surface area contributed by atoms with Crippen LogP contribution in [0, 0.1) is 0 Å². The normalized spacial score (nSPS) is 10.1. The minimum atomic E-state index is -0.866. The molecule has 0 saturated carbocycles. The molecule has 0 aliphatic rings. The molecule has 0 aromatic heterocycles. The van der Waals surface area contributed by atoms with E-state index < -0.39 is 17.9 Å². The minimum absolute atomic E-state index is 0.0431. The van der Waals surface area contributed by atoms with Gasteiger partial charge < -0.3 is 24.1 Å². The highest BCUT2D eigenvalue weighted by Gasteiger charge is 2.09. The zero-order valence-corrected chi connectivity index (χ0v) is 17.7. The SMILES string of the molecule is C=CC(=O)OCCCCOc1ccc(OC(=O)c2ccc(OCCCC(=O)O)cc2)cc1. The molecule has 0 spiro atoms. The van der Waals surface area contributed by atoms with Crippen LogP contribution in [-0.2, 0) is 14.3 Å². The molecule has 0 heterocycles. The van der Waals surface area contributed by atoms with Crippen molar-refractivity contribution in [2.24, 2.45) is 0 Å². The van der Waals surface area contributed by atoms with Crippen LogP contribution in [0.15, 0.2) is 61.2 Å². The second-order valence-electron chi connectivity index (χ2n) is 6.66. The quantitative estimate of drug-likeness (QED) is 0.202. The van der Waals surface area contributed by atoms with Crippen molar-refractivity contribution in [3.63, 3.8) is 0 Å². The standard InChI is InChI=1S/C24H26O8/c1-2-23(27)31-16-4-3-15-29-20-11-13-21(14-12-20)32-24(28)18-7-9-19(10-8-18)30-17-5-6-22(25)26/h2,7-14H,1,3-6,15-17H2,(H,25,26). The Morgan fingerprint density at radius 1 is 0.781 bits per heavy atom. The number of aliphatic carboxylic acids is 1. The molecule has 2 rings (SSSR count). The number of esters is 2. The van der Waals surface area contributed by atoms with Gasteiger partial charge in [0.15, 0.2) is 0 Å². The Bertz CT molecular complexity index is 887. The maximum atomic E-state index is 12.3. The van der Waals surface area contributed by atoms with E-state index in [1.54, 1.807) is 48.5 Å². The lowest BCUT2D eigenvalue weighted by Crippen LogP contribution is -2.08. The second-order valence-corrected chi connectivity index (χ2v) is 6.66.